The Morgan fingerprint density at radius 3 is 2.53 bits per heavy atom. The van der Waals surface area contributed by atoms with Crippen molar-refractivity contribution in [3.05, 3.63) is 71.7 Å². The second-order valence-electron chi connectivity index (χ2n) is 10.7. The van der Waals surface area contributed by atoms with Gasteiger partial charge in [0.2, 0.25) is 0 Å². The molecular weight excluding hydrogens is 607 g/mol. The number of halogens is 3. The second-order valence-corrected chi connectivity index (χ2v) is 11.8. The van der Waals surface area contributed by atoms with Gasteiger partial charge in [-0.1, -0.05) is 45.2 Å². The number of hydrazine groups is 1. The van der Waals surface area contributed by atoms with Gasteiger partial charge in [-0.05, 0) is 43.2 Å². The number of nitrogens with one attached hydrogen (secondary N) is 1. The van der Waals surface area contributed by atoms with Crippen LogP contribution in [0.15, 0.2) is 54.7 Å². The zero-order valence-corrected chi connectivity index (χ0v) is 26.7. The Kier molecular flexibility index (Phi) is 10.8. The minimum absolute atomic E-state index is 0.0922. The number of nitrogens with zero attached hydrogens (tertiary/aromatic N) is 3. The van der Waals surface area contributed by atoms with Gasteiger partial charge in [-0.15, -0.1) is 0 Å². The zero-order chi connectivity index (χ0) is 32.9. The lowest BCUT2D eigenvalue weighted by Gasteiger charge is -2.23. The van der Waals surface area contributed by atoms with E-state index in [0.717, 1.165) is 43.9 Å². The first-order valence-electron chi connectivity index (χ1n) is 14.6. The van der Waals surface area contributed by atoms with E-state index < -0.39 is 28.6 Å². The highest BCUT2D eigenvalue weighted by Crippen LogP contribution is 2.42. The molecule has 0 aliphatic heterocycles. The molecule has 242 valence electrons. The van der Waals surface area contributed by atoms with E-state index >= 15 is 0 Å². The van der Waals surface area contributed by atoms with Crippen LogP contribution in [0, 0.1) is 0 Å². The van der Waals surface area contributed by atoms with E-state index in [9.17, 15) is 22.2 Å². The Bertz CT molecular complexity index is 1690. The Morgan fingerprint density at radius 2 is 1.89 bits per heavy atom. The molecule has 0 aliphatic carbocycles. The summed E-state index contributed by atoms with van der Waals surface area (Å²) in [5, 5.41) is 1.25. The molecule has 0 saturated heterocycles. The van der Waals surface area contributed by atoms with Crippen molar-refractivity contribution in [3.8, 4) is 17.2 Å². The molecule has 0 saturated carbocycles. The molecule has 0 radical (unpaired) electrons. The summed E-state index contributed by atoms with van der Waals surface area (Å²) in [7, 11) is 1.12. The van der Waals surface area contributed by atoms with Gasteiger partial charge in [0.25, 0.3) is 5.91 Å². The number of unbranched alkanes of at least 4 members (excludes halogenated alkanes) is 1. The lowest BCUT2D eigenvalue weighted by atomic mass is 9.93. The topological polar surface area (TPSA) is 112 Å². The van der Waals surface area contributed by atoms with Crippen LogP contribution in [0.4, 0.5) is 24.5 Å². The number of pyridine rings is 1. The summed E-state index contributed by atoms with van der Waals surface area (Å²) >= 11 is 0. The summed E-state index contributed by atoms with van der Waals surface area (Å²) in [5.74, 6) is 6.62. The molecule has 2 aromatic carbocycles. The fourth-order valence-corrected chi connectivity index (χ4v) is 5.84. The van der Waals surface area contributed by atoms with Crippen molar-refractivity contribution in [3.63, 3.8) is 0 Å². The normalized spacial score (nSPS) is 13.0. The van der Waals surface area contributed by atoms with Crippen LogP contribution in [0.25, 0.3) is 10.9 Å². The Labute approximate surface area is 263 Å². The smallest absolute Gasteiger partial charge is 0.416 e. The predicted octanol–water partition coefficient (Wildman–Crippen LogP) is 7.69. The average Bonchev–Trinajstić information content (AvgIpc) is 3.34. The highest BCUT2D eigenvalue weighted by atomic mass is 32.2. The largest absolute Gasteiger partial charge is 0.492 e. The standard InChI is InChI=1S/C32H38F3N5O4S/c1-6-8-11-20(10-7-2)24-19-23(14-15-37-24)44-28-13-9-12-21-16-27(39(3)29(21)28)31(41)40(36)26-18-22(32(33,34)35)17-25(30(26)43-4)38-45(5)42/h9,12-20,38H,6-8,10-11,36H2,1-5H3. The number of nitrogens with two attached hydrogens (primary N) is 1. The van der Waals surface area contributed by atoms with E-state index in [1.165, 1.54) is 13.4 Å². The summed E-state index contributed by atoms with van der Waals surface area (Å²) in [4.78, 5) is 18.4. The molecule has 2 atom stereocenters. The van der Waals surface area contributed by atoms with E-state index in [0.29, 0.717) is 39.4 Å². The third-order valence-electron chi connectivity index (χ3n) is 7.51. The minimum Gasteiger partial charge on any atom is -0.492 e. The maximum absolute atomic E-state index is 13.8. The quantitative estimate of drug-likeness (QED) is 0.0876. The molecule has 4 rings (SSSR count). The highest BCUT2D eigenvalue weighted by molar-refractivity contribution is 7.85. The molecule has 45 heavy (non-hydrogen) atoms. The molecule has 2 heterocycles. The van der Waals surface area contributed by atoms with Gasteiger partial charge in [0, 0.05) is 42.6 Å². The molecule has 0 spiro atoms. The van der Waals surface area contributed by atoms with E-state index in [-0.39, 0.29) is 22.8 Å². The third-order valence-corrected chi connectivity index (χ3v) is 8.02. The first kappa shape index (κ1) is 33.8. The van der Waals surface area contributed by atoms with Crippen LogP contribution in [0.5, 0.6) is 17.2 Å². The molecule has 3 N–H and O–H groups in total. The summed E-state index contributed by atoms with van der Waals surface area (Å²) in [6.07, 6.45) is 3.52. The number of hydrogen-bond acceptors (Lipinski definition) is 6. The number of para-hydroxylation sites is 1. The third kappa shape index (κ3) is 7.59. The van der Waals surface area contributed by atoms with Gasteiger partial charge in [-0.3, -0.25) is 9.78 Å². The van der Waals surface area contributed by atoms with Crippen LogP contribution in [0.1, 0.15) is 73.6 Å². The fraction of sp³-hybridized carbons (Fsp3) is 0.375. The molecule has 2 aromatic heterocycles. The molecule has 0 fully saturated rings. The van der Waals surface area contributed by atoms with E-state index in [4.69, 9.17) is 15.3 Å². The summed E-state index contributed by atoms with van der Waals surface area (Å²) in [5.41, 5.74) is -0.0482. The maximum atomic E-state index is 13.8. The Hall–Kier alpha value is -4.10. The van der Waals surface area contributed by atoms with Crippen molar-refractivity contribution in [1.82, 2.24) is 9.55 Å². The first-order chi connectivity index (χ1) is 21.4. The van der Waals surface area contributed by atoms with Crippen LogP contribution in [-0.2, 0) is 24.2 Å². The van der Waals surface area contributed by atoms with Crippen molar-refractivity contribution in [2.24, 2.45) is 12.9 Å². The monoisotopic (exact) mass is 645 g/mol. The fourth-order valence-electron chi connectivity index (χ4n) is 5.38. The number of aromatic nitrogens is 2. The number of amides is 1. The number of hydrogen-bond donors (Lipinski definition) is 2. The number of rotatable bonds is 13. The number of anilines is 2. The summed E-state index contributed by atoms with van der Waals surface area (Å²) in [6.45, 7) is 4.32. The lowest BCUT2D eigenvalue weighted by molar-refractivity contribution is -0.137. The number of carbonyl (C=O) groups is 1. The molecule has 1 amide bonds. The predicted molar refractivity (Wildman–Crippen MR) is 171 cm³/mol. The number of benzene rings is 2. The number of methoxy groups -OCH3 is 1. The Morgan fingerprint density at radius 1 is 1.13 bits per heavy atom. The number of carbonyl (C=O) groups excluding carboxylic acids is 1. The van der Waals surface area contributed by atoms with Gasteiger partial charge in [-0.2, -0.15) is 13.2 Å². The van der Waals surface area contributed by atoms with E-state index in [1.807, 2.05) is 6.07 Å². The van der Waals surface area contributed by atoms with Crippen molar-refractivity contribution >= 4 is 39.2 Å². The average molecular weight is 646 g/mol. The molecule has 9 nitrogen and oxygen atoms in total. The van der Waals surface area contributed by atoms with Gasteiger partial charge in [0.1, 0.15) is 28.1 Å². The summed E-state index contributed by atoms with van der Waals surface area (Å²) in [6, 6.07) is 12.1. The highest BCUT2D eigenvalue weighted by Gasteiger charge is 2.35. The van der Waals surface area contributed by atoms with Gasteiger partial charge < -0.3 is 18.8 Å². The van der Waals surface area contributed by atoms with Crippen LogP contribution in [0.2, 0.25) is 0 Å². The molecule has 2 unspecified atom stereocenters. The Balaban J connectivity index is 1.72. The van der Waals surface area contributed by atoms with Gasteiger partial charge in [0.05, 0.1) is 23.9 Å². The number of alkyl halides is 3. The first-order valence-corrected chi connectivity index (χ1v) is 16.2. The maximum Gasteiger partial charge on any atom is 0.416 e. The van der Waals surface area contributed by atoms with Crippen molar-refractivity contribution in [2.75, 3.05) is 23.1 Å². The SMILES string of the molecule is CCCCC(CCC)c1cc(Oc2cccc3cc(C(=O)N(N)c4cc(C(F)(F)F)cc(NS(C)=O)c4OC)n(C)c23)ccn1. The molecule has 0 aliphatic rings. The number of aryl methyl sites for hydroxylation is 1. The summed E-state index contributed by atoms with van der Waals surface area (Å²) < 4.78 is 68.9. The van der Waals surface area contributed by atoms with E-state index in [1.54, 1.807) is 48.1 Å². The number of ether oxygens (including phenoxy) is 2. The van der Waals surface area contributed by atoms with Gasteiger partial charge in [-0.25, -0.2) is 15.1 Å². The van der Waals surface area contributed by atoms with Gasteiger partial charge >= 0.3 is 6.18 Å². The van der Waals surface area contributed by atoms with Crippen LogP contribution in [-0.4, -0.2) is 33.0 Å². The lowest BCUT2D eigenvalue weighted by Crippen LogP contribution is -2.39. The van der Waals surface area contributed by atoms with Crippen LogP contribution < -0.4 is 25.0 Å². The van der Waals surface area contributed by atoms with E-state index in [2.05, 4.69) is 23.6 Å². The van der Waals surface area contributed by atoms with Crippen molar-refractivity contribution in [2.45, 2.75) is 58.0 Å². The molecule has 4 aromatic rings. The van der Waals surface area contributed by atoms with Gasteiger partial charge in [0.15, 0.2) is 11.5 Å². The molecule has 0 bridgehead atoms. The van der Waals surface area contributed by atoms with Crippen molar-refractivity contribution < 1.29 is 31.6 Å². The molecular formula is C32H38F3N5O4S. The molecule has 13 heteroatoms. The van der Waals surface area contributed by atoms with Crippen LogP contribution >= 0.6 is 0 Å². The van der Waals surface area contributed by atoms with Crippen LogP contribution in [0.3, 0.4) is 0 Å². The van der Waals surface area contributed by atoms with Crippen molar-refractivity contribution in [1.29, 1.82) is 0 Å². The second kappa shape index (κ2) is 14.3. The number of fused-ring (bicyclic) bond motifs is 1. The minimum atomic E-state index is -4.78. The zero-order valence-electron chi connectivity index (χ0n) is 25.9.